The standard InChI is InChI=1S/C41H52N6O3/c1-29-39(34-7-3-2-4-8-34)40-43-36(24-38(47(40)44-29)46-14-12-45(13-15-46)16-17-48)35-9-5-6-30(23-35)10-18-50-19-11-42-37(49)28-41-25-31-20-32(26-41)22-33(21-31)27-41/h2-9,23-24,31-33,48H,10-22,25-28H2,1H3,(H,42,49). The number of aliphatic hydroxyl groups excluding tert-OH is 1. The van der Waals surface area contributed by atoms with Crippen LogP contribution in [0.2, 0.25) is 0 Å². The second kappa shape index (κ2) is 14.4. The number of piperazine rings is 1. The number of hydrogen-bond donors (Lipinski definition) is 2. The van der Waals surface area contributed by atoms with Crippen molar-refractivity contribution < 1.29 is 14.6 Å². The number of amides is 1. The molecule has 50 heavy (non-hydrogen) atoms. The Morgan fingerprint density at radius 3 is 2.36 bits per heavy atom. The van der Waals surface area contributed by atoms with E-state index in [2.05, 4.69) is 76.6 Å². The highest BCUT2D eigenvalue weighted by atomic mass is 16.5. The van der Waals surface area contributed by atoms with E-state index in [4.69, 9.17) is 14.8 Å². The molecule has 2 aromatic carbocycles. The summed E-state index contributed by atoms with van der Waals surface area (Å²) < 4.78 is 8.03. The Kier molecular flexibility index (Phi) is 9.64. The van der Waals surface area contributed by atoms with Gasteiger partial charge < -0.3 is 20.1 Å². The molecule has 2 aromatic heterocycles. The van der Waals surface area contributed by atoms with Gasteiger partial charge in [0.05, 0.1) is 31.2 Å². The summed E-state index contributed by atoms with van der Waals surface area (Å²) in [5.41, 5.74) is 7.45. The number of aryl methyl sites for hydroxylation is 1. The normalized spacial score (nSPS) is 24.7. The zero-order valence-electron chi connectivity index (χ0n) is 29.5. The zero-order chi connectivity index (χ0) is 34.1. The lowest BCUT2D eigenvalue weighted by Gasteiger charge is -2.56. The summed E-state index contributed by atoms with van der Waals surface area (Å²) in [4.78, 5) is 22.9. The highest BCUT2D eigenvalue weighted by Gasteiger charge is 2.51. The molecule has 5 aliphatic rings. The second-order valence-electron chi connectivity index (χ2n) is 15.6. The van der Waals surface area contributed by atoms with Crippen LogP contribution in [0.3, 0.4) is 0 Å². The molecule has 9 nitrogen and oxygen atoms in total. The van der Waals surface area contributed by atoms with Gasteiger partial charge in [-0.2, -0.15) is 9.61 Å². The molecule has 4 aliphatic carbocycles. The van der Waals surface area contributed by atoms with E-state index in [0.29, 0.717) is 32.7 Å². The maximum atomic E-state index is 12.9. The van der Waals surface area contributed by atoms with Crippen LogP contribution in [-0.2, 0) is 16.0 Å². The van der Waals surface area contributed by atoms with Crippen molar-refractivity contribution in [3.05, 3.63) is 71.9 Å². The minimum absolute atomic E-state index is 0.182. The van der Waals surface area contributed by atoms with Crippen molar-refractivity contribution >= 4 is 17.4 Å². The highest BCUT2D eigenvalue weighted by Crippen LogP contribution is 2.61. The average molecular weight is 677 g/mol. The number of rotatable bonds is 13. The van der Waals surface area contributed by atoms with Crippen LogP contribution < -0.4 is 10.2 Å². The Hall–Kier alpha value is -3.79. The number of aliphatic hydroxyl groups is 1. The molecule has 4 saturated carbocycles. The zero-order valence-corrected chi connectivity index (χ0v) is 29.5. The molecule has 0 atom stereocenters. The van der Waals surface area contributed by atoms with Gasteiger partial charge in [-0.15, -0.1) is 0 Å². The number of ether oxygens (including phenoxy) is 1. The first-order chi connectivity index (χ1) is 24.4. The summed E-state index contributed by atoms with van der Waals surface area (Å²) in [5.74, 6) is 3.87. The van der Waals surface area contributed by atoms with Crippen molar-refractivity contribution in [2.45, 2.75) is 58.3 Å². The van der Waals surface area contributed by atoms with Crippen LogP contribution in [-0.4, -0.2) is 89.6 Å². The number of fused-ring (bicyclic) bond motifs is 1. The minimum atomic E-state index is 0.182. The number of nitrogens with zero attached hydrogens (tertiary/aromatic N) is 5. The van der Waals surface area contributed by atoms with Gasteiger partial charge in [0, 0.05) is 62.9 Å². The molecule has 1 amide bonds. The van der Waals surface area contributed by atoms with Crippen molar-refractivity contribution in [2.75, 3.05) is 64.0 Å². The van der Waals surface area contributed by atoms with Gasteiger partial charge in [-0.3, -0.25) is 9.69 Å². The topological polar surface area (TPSA) is 95.2 Å². The Bertz CT molecular complexity index is 1760. The Morgan fingerprint density at radius 1 is 0.920 bits per heavy atom. The van der Waals surface area contributed by atoms with Crippen LogP contribution in [0, 0.1) is 30.1 Å². The first-order valence-electron chi connectivity index (χ1n) is 18.9. The van der Waals surface area contributed by atoms with Crippen molar-refractivity contribution in [1.82, 2.24) is 24.8 Å². The van der Waals surface area contributed by atoms with E-state index in [1.54, 1.807) is 0 Å². The van der Waals surface area contributed by atoms with Gasteiger partial charge >= 0.3 is 0 Å². The molecule has 2 N–H and O–H groups in total. The number of β-amino-alcohol motifs (C(OH)–C–C–N with tert-alkyl or cyclic N) is 1. The van der Waals surface area contributed by atoms with Crippen molar-refractivity contribution in [1.29, 1.82) is 0 Å². The molecule has 4 bridgehead atoms. The number of nitrogens with one attached hydrogen (secondary N) is 1. The smallest absolute Gasteiger partial charge is 0.220 e. The van der Waals surface area contributed by atoms with Crippen LogP contribution >= 0.6 is 0 Å². The van der Waals surface area contributed by atoms with Gasteiger partial charge in [0.1, 0.15) is 5.82 Å². The van der Waals surface area contributed by atoms with Gasteiger partial charge in [-0.1, -0.05) is 48.5 Å². The molecule has 9 heteroatoms. The van der Waals surface area contributed by atoms with Crippen molar-refractivity contribution in [2.24, 2.45) is 23.2 Å². The molecule has 0 spiro atoms. The fraction of sp³-hybridized carbons (Fsp3) is 0.537. The molecule has 0 unspecified atom stereocenters. The first-order valence-corrected chi connectivity index (χ1v) is 18.9. The van der Waals surface area contributed by atoms with Crippen LogP contribution in [0.4, 0.5) is 5.82 Å². The molecule has 1 saturated heterocycles. The number of carbonyl (C=O) groups is 1. The quantitative estimate of drug-likeness (QED) is 0.174. The number of anilines is 1. The Morgan fingerprint density at radius 2 is 1.64 bits per heavy atom. The summed E-state index contributed by atoms with van der Waals surface area (Å²) in [6, 6.07) is 21.2. The van der Waals surface area contributed by atoms with E-state index < -0.39 is 0 Å². The Balaban J connectivity index is 0.922. The van der Waals surface area contributed by atoms with Crippen molar-refractivity contribution in [3.8, 4) is 22.4 Å². The van der Waals surface area contributed by atoms with Crippen LogP contribution in [0.5, 0.6) is 0 Å². The third kappa shape index (κ3) is 7.05. The molecule has 3 heterocycles. The maximum Gasteiger partial charge on any atom is 0.220 e. The number of aromatic nitrogens is 3. The Labute approximate surface area is 296 Å². The largest absolute Gasteiger partial charge is 0.395 e. The summed E-state index contributed by atoms with van der Waals surface area (Å²) in [6.45, 7) is 8.16. The van der Waals surface area contributed by atoms with E-state index in [1.807, 2.05) is 10.6 Å². The van der Waals surface area contributed by atoms with Gasteiger partial charge in [0.15, 0.2) is 5.65 Å². The van der Waals surface area contributed by atoms with Crippen molar-refractivity contribution in [3.63, 3.8) is 0 Å². The first kappa shape index (κ1) is 33.4. The summed E-state index contributed by atoms with van der Waals surface area (Å²) in [5, 5.41) is 17.6. The predicted octanol–water partition coefficient (Wildman–Crippen LogP) is 5.77. The monoisotopic (exact) mass is 676 g/mol. The summed E-state index contributed by atoms with van der Waals surface area (Å²) >= 11 is 0. The van der Waals surface area contributed by atoms with Gasteiger partial charge in [0.25, 0.3) is 0 Å². The average Bonchev–Trinajstić information content (AvgIpc) is 3.45. The van der Waals surface area contributed by atoms with E-state index in [1.165, 1.54) is 44.1 Å². The number of hydrogen-bond acceptors (Lipinski definition) is 7. The molecule has 9 rings (SSSR count). The highest BCUT2D eigenvalue weighted by molar-refractivity contribution is 5.83. The maximum absolute atomic E-state index is 12.9. The van der Waals surface area contributed by atoms with E-state index in [9.17, 15) is 9.90 Å². The lowest BCUT2D eigenvalue weighted by molar-refractivity contribution is -0.129. The molecule has 264 valence electrons. The second-order valence-corrected chi connectivity index (χ2v) is 15.6. The molecular weight excluding hydrogens is 624 g/mol. The van der Waals surface area contributed by atoms with E-state index in [-0.39, 0.29) is 17.9 Å². The third-order valence-corrected chi connectivity index (χ3v) is 11.9. The fourth-order valence-electron chi connectivity index (χ4n) is 10.1. The molecular formula is C41H52N6O3. The molecule has 5 fully saturated rings. The lowest BCUT2D eigenvalue weighted by atomic mass is 9.49. The molecule has 4 aromatic rings. The molecule has 1 aliphatic heterocycles. The summed E-state index contributed by atoms with van der Waals surface area (Å²) in [6.07, 6.45) is 9.54. The van der Waals surface area contributed by atoms with E-state index in [0.717, 1.165) is 89.9 Å². The van der Waals surface area contributed by atoms with E-state index >= 15 is 0 Å². The van der Waals surface area contributed by atoms with Crippen LogP contribution in [0.15, 0.2) is 60.7 Å². The molecule has 0 radical (unpaired) electrons. The van der Waals surface area contributed by atoms with Crippen LogP contribution in [0.25, 0.3) is 28.0 Å². The lowest BCUT2D eigenvalue weighted by Crippen LogP contribution is -2.48. The summed E-state index contributed by atoms with van der Waals surface area (Å²) in [7, 11) is 0. The van der Waals surface area contributed by atoms with Gasteiger partial charge in [-0.25, -0.2) is 4.98 Å². The van der Waals surface area contributed by atoms with Crippen LogP contribution in [0.1, 0.15) is 56.2 Å². The number of benzene rings is 2. The van der Waals surface area contributed by atoms with Gasteiger partial charge in [-0.05, 0) is 92.2 Å². The number of carbonyl (C=O) groups excluding carboxylic acids is 1. The predicted molar refractivity (Wildman–Crippen MR) is 197 cm³/mol. The third-order valence-electron chi connectivity index (χ3n) is 11.9. The van der Waals surface area contributed by atoms with Gasteiger partial charge in [0.2, 0.25) is 5.91 Å². The minimum Gasteiger partial charge on any atom is -0.395 e. The fourth-order valence-corrected chi connectivity index (χ4v) is 10.1. The SMILES string of the molecule is Cc1nn2c(N3CCN(CCO)CC3)cc(-c3cccc(CCOCCNC(=O)CC45CC6CC(CC(C6)C4)C5)c3)nc2c1-c1ccccc1.